The number of benzene rings is 10. The van der Waals surface area contributed by atoms with Gasteiger partial charge in [-0.15, -0.1) is 0 Å². The van der Waals surface area contributed by atoms with Gasteiger partial charge in [0.1, 0.15) is 0 Å². The lowest BCUT2D eigenvalue weighted by Gasteiger charge is -2.35. The molecule has 0 unspecified atom stereocenters. The van der Waals surface area contributed by atoms with E-state index in [0.29, 0.717) is 0 Å². The summed E-state index contributed by atoms with van der Waals surface area (Å²) < 4.78 is 4.81. The van der Waals surface area contributed by atoms with E-state index in [-0.39, 0.29) is 0 Å². The van der Waals surface area contributed by atoms with E-state index in [0.717, 1.165) is 11.4 Å². The molecular formula is C60H40N2Si. The number of fused-ring (bicyclic) bond motifs is 9. The van der Waals surface area contributed by atoms with Gasteiger partial charge in [-0.25, -0.2) is 0 Å². The van der Waals surface area contributed by atoms with Crippen molar-refractivity contribution in [2.75, 3.05) is 0 Å². The second kappa shape index (κ2) is 14.0. The van der Waals surface area contributed by atoms with Crippen molar-refractivity contribution in [3.05, 3.63) is 243 Å². The molecule has 0 saturated carbocycles. The van der Waals surface area contributed by atoms with E-state index < -0.39 is 8.07 Å². The second-order valence-electron chi connectivity index (χ2n) is 16.8. The molecule has 13 rings (SSSR count). The summed E-state index contributed by atoms with van der Waals surface area (Å²) in [5.74, 6) is 0. The fourth-order valence-corrected chi connectivity index (χ4v) is 16.7. The Morgan fingerprint density at radius 3 is 0.810 bits per heavy atom. The molecule has 0 radical (unpaired) electrons. The Morgan fingerprint density at radius 2 is 0.476 bits per heavy atom. The summed E-state index contributed by atoms with van der Waals surface area (Å²) in [7, 11) is -2.97. The average Bonchev–Trinajstić information content (AvgIpc) is 3.99. The van der Waals surface area contributed by atoms with Crippen molar-refractivity contribution >= 4 is 72.4 Å². The summed E-state index contributed by atoms with van der Waals surface area (Å²) in [5, 5.41) is 10.8. The maximum Gasteiger partial charge on any atom is 0.182 e. The molecule has 0 saturated heterocycles. The van der Waals surface area contributed by atoms with Crippen LogP contribution in [0.1, 0.15) is 0 Å². The van der Waals surface area contributed by atoms with Gasteiger partial charge >= 0.3 is 0 Å². The second-order valence-corrected chi connectivity index (χ2v) is 20.4. The lowest BCUT2D eigenvalue weighted by Crippen LogP contribution is -2.73. The number of hydrogen-bond donors (Lipinski definition) is 0. The van der Waals surface area contributed by atoms with E-state index in [1.165, 1.54) is 97.7 Å². The Morgan fingerprint density at radius 1 is 0.222 bits per heavy atom. The van der Waals surface area contributed by atoms with Gasteiger partial charge in [-0.2, -0.15) is 0 Å². The van der Waals surface area contributed by atoms with Crippen LogP contribution in [0.4, 0.5) is 0 Å². The standard InChI is InChI=1S/C60H40N2Si/c1-9-25-53-47(19-1)48-20-2-10-26-54(48)61(53)43-37-33-41(34-38-43)45-17-5-13-29-57(45)63(59-31-15-7-23-51(59)52-24-8-16-32-60(52)63)58-30-14-6-18-46(58)42-35-39-44(40-36-42)62-55-27-11-3-21-49(55)50-22-4-12-28-56(50)62/h1-40H. The summed E-state index contributed by atoms with van der Waals surface area (Å²) >= 11 is 0. The Bertz CT molecular complexity index is 3380. The van der Waals surface area contributed by atoms with Crippen LogP contribution in [0.3, 0.4) is 0 Å². The van der Waals surface area contributed by atoms with Crippen molar-refractivity contribution in [2.45, 2.75) is 0 Å². The normalized spacial score (nSPS) is 12.9. The van der Waals surface area contributed by atoms with Crippen LogP contribution in [0.5, 0.6) is 0 Å². The van der Waals surface area contributed by atoms with E-state index in [1.807, 2.05) is 0 Å². The first kappa shape index (κ1) is 35.7. The highest BCUT2D eigenvalue weighted by molar-refractivity contribution is 7.23. The number of nitrogens with zero attached hydrogens (tertiary/aromatic N) is 2. The highest BCUT2D eigenvalue weighted by atomic mass is 28.3. The molecule has 2 aromatic heterocycles. The molecule has 0 bridgehead atoms. The molecule has 1 aliphatic heterocycles. The number of aromatic nitrogens is 2. The molecule has 0 amide bonds. The average molecular weight is 817 g/mol. The van der Waals surface area contributed by atoms with Gasteiger partial charge < -0.3 is 9.13 Å². The molecule has 0 spiro atoms. The van der Waals surface area contributed by atoms with Crippen molar-refractivity contribution in [3.8, 4) is 44.8 Å². The van der Waals surface area contributed by atoms with Gasteiger partial charge in [0.25, 0.3) is 0 Å². The summed E-state index contributed by atoms with van der Waals surface area (Å²) in [6.45, 7) is 0. The minimum atomic E-state index is -2.97. The van der Waals surface area contributed by atoms with Gasteiger partial charge in [0.2, 0.25) is 0 Å². The van der Waals surface area contributed by atoms with E-state index in [2.05, 4.69) is 252 Å². The van der Waals surface area contributed by atoms with Crippen LogP contribution >= 0.6 is 0 Å². The lowest BCUT2D eigenvalue weighted by molar-refractivity contribution is 1.18. The predicted molar refractivity (Wildman–Crippen MR) is 269 cm³/mol. The Hall–Kier alpha value is -7.98. The molecule has 0 atom stereocenters. The quantitative estimate of drug-likeness (QED) is 0.148. The smallest absolute Gasteiger partial charge is 0.182 e. The molecule has 12 aromatic rings. The van der Waals surface area contributed by atoms with Crippen molar-refractivity contribution in [1.29, 1.82) is 0 Å². The molecule has 1 aliphatic rings. The van der Waals surface area contributed by atoms with Gasteiger partial charge in [-0.3, -0.25) is 0 Å². The molecule has 0 fully saturated rings. The third kappa shape index (κ3) is 5.18. The molecule has 3 heterocycles. The van der Waals surface area contributed by atoms with Gasteiger partial charge in [0.15, 0.2) is 8.07 Å². The predicted octanol–water partition coefficient (Wildman–Crippen LogP) is 12.6. The fourth-order valence-electron chi connectivity index (χ4n) is 11.1. The summed E-state index contributed by atoms with van der Waals surface area (Å²) in [6, 6.07) is 90.5. The maximum atomic E-state index is 2.43. The molecular weight excluding hydrogens is 777 g/mol. The van der Waals surface area contributed by atoms with E-state index >= 15 is 0 Å². The molecule has 10 aromatic carbocycles. The zero-order chi connectivity index (χ0) is 41.5. The SMILES string of the molecule is c1ccc([Si]2(c3ccccc3-c3ccc(-n4c5ccccc5c5ccccc54)cc3)c3ccccc3-c3ccccc32)c(-c2ccc(-n3c4ccccc4c4ccccc43)cc2)c1. The highest BCUT2D eigenvalue weighted by Crippen LogP contribution is 2.37. The van der Waals surface area contributed by atoms with Crippen LogP contribution in [0, 0.1) is 0 Å². The van der Waals surface area contributed by atoms with Crippen molar-refractivity contribution in [3.63, 3.8) is 0 Å². The zero-order valence-electron chi connectivity index (χ0n) is 34.5. The summed E-state index contributed by atoms with van der Waals surface area (Å²) in [4.78, 5) is 0. The topological polar surface area (TPSA) is 9.86 Å². The highest BCUT2D eigenvalue weighted by Gasteiger charge is 2.50. The molecule has 2 nitrogen and oxygen atoms in total. The lowest BCUT2D eigenvalue weighted by atomic mass is 10.0. The van der Waals surface area contributed by atoms with Crippen molar-refractivity contribution in [2.24, 2.45) is 0 Å². The van der Waals surface area contributed by atoms with Gasteiger partial charge in [0, 0.05) is 32.9 Å². The Labute approximate surface area is 367 Å². The van der Waals surface area contributed by atoms with Gasteiger partial charge in [-0.05, 0) is 103 Å². The van der Waals surface area contributed by atoms with Crippen LogP contribution in [0.25, 0.3) is 88.4 Å². The third-order valence-corrected chi connectivity index (χ3v) is 18.6. The molecule has 3 heteroatoms. The Kier molecular flexibility index (Phi) is 7.96. The van der Waals surface area contributed by atoms with Gasteiger partial charge in [0.05, 0.1) is 22.1 Å². The molecule has 294 valence electrons. The van der Waals surface area contributed by atoms with Crippen LogP contribution in [0.15, 0.2) is 243 Å². The number of hydrogen-bond acceptors (Lipinski definition) is 0. The van der Waals surface area contributed by atoms with Crippen LogP contribution in [0.2, 0.25) is 0 Å². The zero-order valence-corrected chi connectivity index (χ0v) is 35.5. The molecule has 63 heavy (non-hydrogen) atoms. The first-order chi connectivity index (χ1) is 31.3. The summed E-state index contributed by atoms with van der Waals surface area (Å²) in [6.07, 6.45) is 0. The molecule has 0 N–H and O–H groups in total. The van der Waals surface area contributed by atoms with Crippen molar-refractivity contribution < 1.29 is 0 Å². The first-order valence-electron chi connectivity index (χ1n) is 21.9. The van der Waals surface area contributed by atoms with Crippen LogP contribution < -0.4 is 20.7 Å². The largest absolute Gasteiger partial charge is 0.309 e. The van der Waals surface area contributed by atoms with E-state index in [9.17, 15) is 0 Å². The maximum absolute atomic E-state index is 2.97. The van der Waals surface area contributed by atoms with Crippen LogP contribution in [-0.2, 0) is 0 Å². The van der Waals surface area contributed by atoms with E-state index in [4.69, 9.17) is 0 Å². The number of rotatable bonds is 6. The first-order valence-corrected chi connectivity index (χ1v) is 23.9. The minimum absolute atomic E-state index is 1.16. The third-order valence-electron chi connectivity index (χ3n) is 13.6. The monoisotopic (exact) mass is 816 g/mol. The number of para-hydroxylation sites is 4. The Balaban J connectivity index is 1.01. The fraction of sp³-hybridized carbons (Fsp3) is 0. The van der Waals surface area contributed by atoms with Crippen LogP contribution in [-0.4, -0.2) is 17.2 Å². The van der Waals surface area contributed by atoms with E-state index in [1.54, 1.807) is 0 Å². The summed E-state index contributed by atoms with van der Waals surface area (Å²) in [5.41, 5.74) is 14.9. The molecule has 0 aliphatic carbocycles. The minimum Gasteiger partial charge on any atom is -0.309 e. The van der Waals surface area contributed by atoms with Crippen molar-refractivity contribution in [1.82, 2.24) is 9.13 Å². The van der Waals surface area contributed by atoms with Gasteiger partial charge in [-0.1, -0.05) is 194 Å².